The van der Waals surface area contributed by atoms with Crippen molar-refractivity contribution in [2.45, 2.75) is 110 Å². The van der Waals surface area contributed by atoms with Crippen LogP contribution in [0.4, 0.5) is 9.59 Å². The second kappa shape index (κ2) is 17.6. The van der Waals surface area contributed by atoms with Crippen molar-refractivity contribution in [2.24, 2.45) is 5.73 Å². The largest absolute Gasteiger partial charge is 0.465 e. The van der Waals surface area contributed by atoms with E-state index in [1.54, 1.807) is 0 Å². The van der Waals surface area contributed by atoms with E-state index in [0.29, 0.717) is 11.3 Å². The number of amides is 3. The number of carbonyl (C=O) groups excluding carboxylic acids is 1. The molecule has 0 saturated heterocycles. The first-order valence-electron chi connectivity index (χ1n) is 10.4. The Morgan fingerprint density at radius 3 is 1.28 bits per heavy atom. The van der Waals surface area contributed by atoms with Crippen molar-refractivity contribution < 1.29 is 14.7 Å². The van der Waals surface area contributed by atoms with E-state index in [9.17, 15) is 9.59 Å². The van der Waals surface area contributed by atoms with Crippen molar-refractivity contribution in [3.63, 3.8) is 0 Å². The third-order valence-corrected chi connectivity index (χ3v) is 4.73. The maximum Gasteiger partial charge on any atom is 0.415 e. The van der Waals surface area contributed by atoms with Crippen LogP contribution in [0.25, 0.3) is 0 Å². The van der Waals surface area contributed by atoms with E-state index in [2.05, 4.69) is 6.92 Å². The van der Waals surface area contributed by atoms with Crippen molar-refractivity contribution in [2.75, 3.05) is 6.54 Å². The van der Waals surface area contributed by atoms with Crippen LogP contribution in [-0.2, 0) is 0 Å². The summed E-state index contributed by atoms with van der Waals surface area (Å²) >= 11 is 0. The van der Waals surface area contributed by atoms with Gasteiger partial charge in [-0.25, -0.2) is 14.5 Å². The van der Waals surface area contributed by atoms with E-state index in [-0.39, 0.29) is 6.54 Å². The van der Waals surface area contributed by atoms with Gasteiger partial charge in [-0.2, -0.15) is 0 Å². The lowest BCUT2D eigenvalue weighted by Crippen LogP contribution is -2.40. The van der Waals surface area contributed by atoms with Gasteiger partial charge in [0.25, 0.3) is 0 Å². The van der Waals surface area contributed by atoms with Crippen LogP contribution in [-0.4, -0.2) is 28.7 Å². The molecule has 0 saturated carbocycles. The van der Waals surface area contributed by atoms with Crippen molar-refractivity contribution in [1.82, 2.24) is 4.90 Å². The Balaban J connectivity index is 3.21. The molecular formula is C20H40N2O3. The van der Waals surface area contributed by atoms with Gasteiger partial charge in [-0.1, -0.05) is 103 Å². The molecule has 0 aromatic carbocycles. The van der Waals surface area contributed by atoms with Crippen molar-refractivity contribution >= 4 is 12.1 Å². The quantitative estimate of drug-likeness (QED) is 0.300. The molecule has 3 N–H and O–H groups in total. The number of imide groups is 1. The second-order valence-electron chi connectivity index (χ2n) is 7.08. The number of urea groups is 1. The number of hydrogen-bond acceptors (Lipinski definition) is 2. The molecule has 3 amide bonds. The third kappa shape index (κ3) is 16.0. The minimum Gasteiger partial charge on any atom is -0.465 e. The summed E-state index contributed by atoms with van der Waals surface area (Å²) in [6.45, 7) is 2.47. The number of rotatable bonds is 17. The maximum absolute atomic E-state index is 10.9. The first-order chi connectivity index (χ1) is 12.1. The highest BCUT2D eigenvalue weighted by atomic mass is 16.4. The molecule has 0 fully saturated rings. The van der Waals surface area contributed by atoms with Crippen LogP contribution < -0.4 is 5.73 Å². The number of unbranched alkanes of at least 4 members (excludes halogenated alkanes) is 15. The van der Waals surface area contributed by atoms with Crippen LogP contribution in [0, 0.1) is 0 Å². The van der Waals surface area contributed by atoms with Gasteiger partial charge < -0.3 is 10.8 Å². The monoisotopic (exact) mass is 356 g/mol. The summed E-state index contributed by atoms with van der Waals surface area (Å²) in [4.78, 5) is 22.3. The molecule has 0 unspecified atom stereocenters. The molecule has 5 heteroatoms. The van der Waals surface area contributed by atoms with Crippen molar-refractivity contribution in [3.8, 4) is 0 Å². The topological polar surface area (TPSA) is 83.6 Å². The number of nitrogens with zero attached hydrogens (tertiary/aromatic N) is 1. The zero-order valence-corrected chi connectivity index (χ0v) is 16.3. The van der Waals surface area contributed by atoms with Crippen LogP contribution >= 0.6 is 0 Å². The fraction of sp³-hybridized carbons (Fsp3) is 0.900. The molecule has 0 bridgehead atoms. The standard InChI is InChI=1S/C20H40N2O3/c1-2-3-4-5-6-7-8-9-10-11-12-13-14-15-16-17-18-22(19(21)23)20(24)25/h2-18H2,1H3,(H2,21,23)(H,24,25). The summed E-state index contributed by atoms with van der Waals surface area (Å²) in [5.74, 6) is 0. The zero-order chi connectivity index (χ0) is 18.8. The Hall–Kier alpha value is -1.26. The molecule has 25 heavy (non-hydrogen) atoms. The zero-order valence-electron chi connectivity index (χ0n) is 16.3. The van der Waals surface area contributed by atoms with Crippen molar-refractivity contribution in [3.05, 3.63) is 0 Å². The fourth-order valence-electron chi connectivity index (χ4n) is 3.12. The Labute approximate surface area is 154 Å². The highest BCUT2D eigenvalue weighted by Crippen LogP contribution is 2.13. The van der Waals surface area contributed by atoms with Gasteiger partial charge in [-0.15, -0.1) is 0 Å². The summed E-state index contributed by atoms with van der Waals surface area (Å²) in [6, 6.07) is -0.881. The van der Waals surface area contributed by atoms with Crippen LogP contribution in [0.15, 0.2) is 0 Å². The molecule has 0 aliphatic carbocycles. The lowest BCUT2D eigenvalue weighted by atomic mass is 10.0. The molecule has 0 rings (SSSR count). The van der Waals surface area contributed by atoms with Gasteiger partial charge in [-0.05, 0) is 6.42 Å². The Bertz CT molecular complexity index is 321. The Morgan fingerprint density at radius 2 is 1.00 bits per heavy atom. The van der Waals surface area contributed by atoms with E-state index in [0.717, 1.165) is 12.8 Å². The van der Waals surface area contributed by atoms with E-state index in [1.807, 2.05) is 0 Å². The second-order valence-corrected chi connectivity index (χ2v) is 7.08. The number of nitrogens with two attached hydrogens (primary N) is 1. The minimum absolute atomic E-state index is 0.211. The van der Waals surface area contributed by atoms with E-state index in [1.165, 1.54) is 83.5 Å². The lowest BCUT2D eigenvalue weighted by molar-refractivity contribution is 0.150. The Morgan fingerprint density at radius 1 is 0.680 bits per heavy atom. The molecular weight excluding hydrogens is 316 g/mol. The smallest absolute Gasteiger partial charge is 0.415 e. The van der Waals surface area contributed by atoms with Crippen LogP contribution in [0.2, 0.25) is 0 Å². The van der Waals surface area contributed by atoms with Crippen LogP contribution in [0.3, 0.4) is 0 Å². The molecule has 0 spiro atoms. The molecule has 0 atom stereocenters. The number of carbonyl (C=O) groups is 2. The Kier molecular flexibility index (Phi) is 16.7. The molecule has 0 aliphatic rings. The molecule has 0 radical (unpaired) electrons. The number of hydrogen-bond donors (Lipinski definition) is 2. The molecule has 0 aromatic heterocycles. The number of carboxylic acid groups (broad SMARTS) is 1. The SMILES string of the molecule is CCCCCCCCCCCCCCCCCCN(C(N)=O)C(=O)O. The highest BCUT2D eigenvalue weighted by Gasteiger charge is 2.16. The van der Waals surface area contributed by atoms with E-state index >= 15 is 0 Å². The summed E-state index contributed by atoms with van der Waals surface area (Å²) < 4.78 is 0. The predicted octanol–water partition coefficient (Wildman–Crippen LogP) is 6.31. The van der Waals surface area contributed by atoms with Gasteiger partial charge in [0.2, 0.25) is 0 Å². The normalized spacial score (nSPS) is 10.8. The summed E-state index contributed by atoms with van der Waals surface area (Å²) in [5, 5.41) is 8.79. The van der Waals surface area contributed by atoms with Gasteiger partial charge in [0, 0.05) is 6.54 Å². The van der Waals surface area contributed by atoms with Crippen LogP contribution in [0.1, 0.15) is 110 Å². The maximum atomic E-state index is 10.9. The van der Waals surface area contributed by atoms with Gasteiger partial charge in [0.05, 0.1) is 0 Å². The van der Waals surface area contributed by atoms with E-state index < -0.39 is 12.1 Å². The molecule has 148 valence electrons. The fourth-order valence-corrected chi connectivity index (χ4v) is 3.12. The molecule has 5 nitrogen and oxygen atoms in total. The minimum atomic E-state index is -1.26. The first-order valence-corrected chi connectivity index (χ1v) is 10.4. The van der Waals surface area contributed by atoms with Gasteiger partial charge in [-0.3, -0.25) is 0 Å². The lowest BCUT2D eigenvalue weighted by Gasteiger charge is -2.13. The summed E-state index contributed by atoms with van der Waals surface area (Å²) in [7, 11) is 0. The number of primary amides is 1. The van der Waals surface area contributed by atoms with Crippen molar-refractivity contribution in [1.29, 1.82) is 0 Å². The first kappa shape index (κ1) is 23.7. The molecule has 0 aliphatic heterocycles. The molecule has 0 heterocycles. The van der Waals surface area contributed by atoms with Gasteiger partial charge >= 0.3 is 12.1 Å². The average molecular weight is 357 g/mol. The van der Waals surface area contributed by atoms with Gasteiger partial charge in [0.15, 0.2) is 0 Å². The third-order valence-electron chi connectivity index (χ3n) is 4.73. The van der Waals surface area contributed by atoms with Crippen LogP contribution in [0.5, 0.6) is 0 Å². The summed E-state index contributed by atoms with van der Waals surface area (Å²) in [5.41, 5.74) is 5.01. The highest BCUT2D eigenvalue weighted by molar-refractivity contribution is 5.88. The molecule has 0 aromatic rings. The van der Waals surface area contributed by atoms with Gasteiger partial charge in [0.1, 0.15) is 0 Å². The average Bonchev–Trinajstić information content (AvgIpc) is 2.57. The summed E-state index contributed by atoms with van der Waals surface area (Å²) in [6.07, 6.45) is 19.1. The van der Waals surface area contributed by atoms with E-state index in [4.69, 9.17) is 10.8 Å². The predicted molar refractivity (Wildman–Crippen MR) is 104 cm³/mol.